The summed E-state index contributed by atoms with van der Waals surface area (Å²) in [6.07, 6.45) is -0.307. The number of benzene rings is 2. The first kappa shape index (κ1) is 26.5. The van der Waals surface area contributed by atoms with Crippen LogP contribution < -0.4 is 11.9 Å². The van der Waals surface area contributed by atoms with Crippen LogP contribution in [0.2, 0.25) is 0 Å². The highest BCUT2D eigenvalue weighted by molar-refractivity contribution is 14.1. The first-order valence-corrected chi connectivity index (χ1v) is 12.0. The standard InChI is InChI=1S/C16H12F6INO6S2/c17-15(18,19)31(25,26)29-13-7-3-1-5-10(13)9-12(24-23)11-6-2-4-8-14(11)30-32(27,28)16(20,21)22/h1-8,12,24H,9H2. The summed E-state index contributed by atoms with van der Waals surface area (Å²) in [5.41, 5.74) is -11.5. The maximum absolute atomic E-state index is 12.7. The Morgan fingerprint density at radius 1 is 0.781 bits per heavy atom. The highest BCUT2D eigenvalue weighted by Gasteiger charge is 2.49. The summed E-state index contributed by atoms with van der Waals surface area (Å²) >= 11 is 1.59. The predicted octanol–water partition coefficient (Wildman–Crippen LogP) is 4.37. The SMILES string of the molecule is O=S(=O)(Oc1ccccc1CC(NI)c1ccccc1OS(=O)(=O)C(F)(F)F)C(F)(F)F. The third-order valence-corrected chi connectivity index (χ3v) is 6.47. The molecule has 178 valence electrons. The molecule has 0 saturated carbocycles. The van der Waals surface area contributed by atoms with Crippen LogP contribution in [0.1, 0.15) is 17.2 Å². The third kappa shape index (κ3) is 6.16. The van der Waals surface area contributed by atoms with Crippen molar-refractivity contribution in [1.82, 2.24) is 3.53 Å². The number of hydrogen-bond donors (Lipinski definition) is 1. The van der Waals surface area contributed by atoms with Crippen molar-refractivity contribution in [3.05, 3.63) is 59.7 Å². The summed E-state index contributed by atoms with van der Waals surface area (Å²) in [5.74, 6) is -1.34. The van der Waals surface area contributed by atoms with E-state index in [2.05, 4.69) is 11.9 Å². The molecule has 0 aromatic heterocycles. The van der Waals surface area contributed by atoms with Gasteiger partial charge >= 0.3 is 31.3 Å². The van der Waals surface area contributed by atoms with Gasteiger partial charge in [0, 0.05) is 34.5 Å². The van der Waals surface area contributed by atoms with Gasteiger partial charge in [0.15, 0.2) is 0 Å². The number of alkyl halides is 6. The molecule has 1 N–H and O–H groups in total. The summed E-state index contributed by atoms with van der Waals surface area (Å²) in [7, 11) is -12.0. The highest BCUT2D eigenvalue weighted by Crippen LogP contribution is 2.35. The molecule has 0 amide bonds. The van der Waals surface area contributed by atoms with E-state index >= 15 is 0 Å². The zero-order valence-corrected chi connectivity index (χ0v) is 19.1. The van der Waals surface area contributed by atoms with Gasteiger partial charge in [-0.15, -0.1) is 0 Å². The average molecular weight is 619 g/mol. The first-order chi connectivity index (χ1) is 14.6. The van der Waals surface area contributed by atoms with Crippen LogP contribution in [-0.4, -0.2) is 27.9 Å². The maximum atomic E-state index is 12.7. The zero-order valence-electron chi connectivity index (χ0n) is 15.3. The molecule has 2 aromatic rings. The molecule has 1 unspecified atom stereocenters. The summed E-state index contributed by atoms with van der Waals surface area (Å²) in [6, 6.07) is 8.50. The lowest BCUT2D eigenvalue weighted by Crippen LogP contribution is -2.29. The lowest BCUT2D eigenvalue weighted by molar-refractivity contribution is -0.0505. The van der Waals surface area contributed by atoms with E-state index in [1.54, 1.807) is 22.9 Å². The molecule has 7 nitrogen and oxygen atoms in total. The smallest absolute Gasteiger partial charge is 0.376 e. The summed E-state index contributed by atoms with van der Waals surface area (Å²) in [5, 5.41) is 0. The summed E-state index contributed by atoms with van der Waals surface area (Å²) in [6.45, 7) is 0. The lowest BCUT2D eigenvalue weighted by Gasteiger charge is -2.21. The molecular weight excluding hydrogens is 607 g/mol. The third-order valence-electron chi connectivity index (χ3n) is 3.79. The van der Waals surface area contributed by atoms with Gasteiger partial charge < -0.3 is 8.37 Å². The molecule has 32 heavy (non-hydrogen) atoms. The van der Waals surface area contributed by atoms with E-state index in [1.807, 2.05) is 0 Å². The topological polar surface area (TPSA) is 98.8 Å². The molecule has 0 radical (unpaired) electrons. The molecule has 0 bridgehead atoms. The van der Waals surface area contributed by atoms with Crippen molar-refractivity contribution in [2.45, 2.75) is 23.5 Å². The molecular formula is C16H12F6INO6S2. The van der Waals surface area contributed by atoms with Crippen molar-refractivity contribution >= 4 is 43.1 Å². The normalized spacial score (nSPS) is 14.1. The van der Waals surface area contributed by atoms with Crippen molar-refractivity contribution in [2.75, 3.05) is 0 Å². The van der Waals surface area contributed by atoms with E-state index in [-0.39, 0.29) is 17.5 Å². The minimum atomic E-state index is -6.00. The molecule has 0 spiro atoms. The van der Waals surface area contributed by atoms with E-state index in [1.165, 1.54) is 36.4 Å². The van der Waals surface area contributed by atoms with Crippen LogP contribution in [0.25, 0.3) is 0 Å². The van der Waals surface area contributed by atoms with Crippen LogP contribution in [0, 0.1) is 0 Å². The van der Waals surface area contributed by atoms with Gasteiger partial charge in [-0.1, -0.05) is 36.4 Å². The first-order valence-electron chi connectivity index (χ1n) is 8.13. The van der Waals surface area contributed by atoms with Crippen molar-refractivity contribution < 1.29 is 51.5 Å². The van der Waals surface area contributed by atoms with E-state index in [0.717, 1.165) is 12.1 Å². The van der Waals surface area contributed by atoms with Gasteiger partial charge in [0.25, 0.3) is 0 Å². The van der Waals surface area contributed by atoms with E-state index in [4.69, 9.17) is 0 Å². The second-order valence-electron chi connectivity index (χ2n) is 5.98. The second-order valence-corrected chi connectivity index (χ2v) is 9.68. The number of hydrogen-bond acceptors (Lipinski definition) is 7. The monoisotopic (exact) mass is 619 g/mol. The molecule has 1 atom stereocenters. The van der Waals surface area contributed by atoms with Gasteiger partial charge in [-0.2, -0.15) is 43.2 Å². The van der Waals surface area contributed by atoms with Crippen molar-refractivity contribution in [2.24, 2.45) is 0 Å². The fraction of sp³-hybridized carbons (Fsp3) is 0.250. The molecule has 2 rings (SSSR count). The maximum Gasteiger partial charge on any atom is 0.534 e. The van der Waals surface area contributed by atoms with Gasteiger partial charge in [-0.25, -0.2) is 0 Å². The number of nitrogens with one attached hydrogen (secondary N) is 1. The van der Waals surface area contributed by atoms with Gasteiger partial charge in [0.1, 0.15) is 11.5 Å². The number of para-hydroxylation sites is 2. The number of rotatable bonds is 8. The fourth-order valence-electron chi connectivity index (χ4n) is 2.36. The summed E-state index contributed by atoms with van der Waals surface area (Å²) in [4.78, 5) is 0. The molecule has 0 aliphatic heterocycles. The Bertz CT molecular complexity index is 1170. The van der Waals surface area contributed by atoms with Gasteiger partial charge in [0.2, 0.25) is 0 Å². The molecule has 0 aliphatic rings. The largest absolute Gasteiger partial charge is 0.534 e. The van der Waals surface area contributed by atoms with E-state index in [9.17, 15) is 43.2 Å². The van der Waals surface area contributed by atoms with Crippen LogP contribution in [0.4, 0.5) is 26.3 Å². The molecule has 0 heterocycles. The second kappa shape index (κ2) is 9.60. The van der Waals surface area contributed by atoms with Crippen LogP contribution in [-0.2, 0) is 26.7 Å². The zero-order chi connectivity index (χ0) is 24.4. The van der Waals surface area contributed by atoms with Crippen molar-refractivity contribution in [1.29, 1.82) is 0 Å². The van der Waals surface area contributed by atoms with Gasteiger partial charge in [-0.05, 0) is 24.1 Å². The van der Waals surface area contributed by atoms with Crippen LogP contribution in [0.3, 0.4) is 0 Å². The fourth-order valence-corrected chi connectivity index (χ4v) is 3.89. The minimum Gasteiger partial charge on any atom is -0.376 e. The van der Waals surface area contributed by atoms with E-state index < -0.39 is 48.8 Å². The Morgan fingerprint density at radius 2 is 1.22 bits per heavy atom. The van der Waals surface area contributed by atoms with Gasteiger partial charge in [-0.3, -0.25) is 3.53 Å². The van der Waals surface area contributed by atoms with Crippen LogP contribution in [0.5, 0.6) is 11.5 Å². The quantitative estimate of drug-likeness (QED) is 0.154. The van der Waals surface area contributed by atoms with Crippen molar-refractivity contribution in [3.8, 4) is 11.5 Å². The predicted molar refractivity (Wildman–Crippen MR) is 108 cm³/mol. The Kier molecular flexibility index (Phi) is 7.94. The molecule has 16 heteroatoms. The summed E-state index contributed by atoms with van der Waals surface area (Å²) < 4.78 is 133. The molecule has 0 aliphatic carbocycles. The average Bonchev–Trinajstić information content (AvgIpc) is 2.65. The Hall–Kier alpha value is -1.79. The lowest BCUT2D eigenvalue weighted by atomic mass is 9.98. The Balaban J connectivity index is 2.42. The Labute approximate surface area is 192 Å². The minimum absolute atomic E-state index is 0.0667. The van der Waals surface area contributed by atoms with Crippen LogP contribution >= 0.6 is 22.9 Å². The molecule has 0 fully saturated rings. The molecule has 0 saturated heterocycles. The number of halogens is 7. The highest BCUT2D eigenvalue weighted by atomic mass is 127. The molecule has 2 aromatic carbocycles. The van der Waals surface area contributed by atoms with Crippen LogP contribution in [0.15, 0.2) is 48.5 Å². The van der Waals surface area contributed by atoms with E-state index in [0.29, 0.717) is 0 Å². The van der Waals surface area contributed by atoms with Gasteiger partial charge in [0.05, 0.1) is 0 Å². The Morgan fingerprint density at radius 3 is 1.72 bits per heavy atom. The van der Waals surface area contributed by atoms with Crippen molar-refractivity contribution in [3.63, 3.8) is 0 Å².